The molecule has 2 aromatic carbocycles. The van der Waals surface area contributed by atoms with Gasteiger partial charge < -0.3 is 19.7 Å². The molecule has 0 amide bonds. The van der Waals surface area contributed by atoms with E-state index in [1.807, 2.05) is 6.07 Å². The van der Waals surface area contributed by atoms with Crippen LogP contribution in [-0.2, 0) is 4.65 Å². The Labute approximate surface area is 124 Å². The first-order chi connectivity index (χ1) is 10.1. The molecule has 0 fully saturated rings. The van der Waals surface area contributed by atoms with E-state index in [2.05, 4.69) is 13.2 Å². The molecule has 106 valence electrons. The monoisotopic (exact) mass is 282 g/mol. The van der Waals surface area contributed by atoms with E-state index in [1.54, 1.807) is 24.3 Å². The van der Waals surface area contributed by atoms with Crippen LogP contribution in [0.4, 0.5) is 0 Å². The van der Waals surface area contributed by atoms with E-state index in [-0.39, 0.29) is 0 Å². The number of fused-ring (bicyclic) bond motifs is 1. The summed E-state index contributed by atoms with van der Waals surface area (Å²) in [5, 5.41) is 30.9. The maximum atomic E-state index is 10.2. The van der Waals surface area contributed by atoms with E-state index in [1.165, 1.54) is 13.2 Å². The number of rotatable bonds is 5. The number of hydrogen-bond acceptors (Lipinski definition) is 4. The second kappa shape index (κ2) is 6.28. The molecule has 21 heavy (non-hydrogen) atoms. The van der Waals surface area contributed by atoms with Gasteiger partial charge in [-0.05, 0) is 32.8 Å². The lowest BCUT2D eigenvalue weighted by Gasteiger charge is -2.19. The largest absolute Gasteiger partial charge is 0.492 e. The van der Waals surface area contributed by atoms with Gasteiger partial charge in [-0.1, -0.05) is 49.6 Å². The quantitative estimate of drug-likeness (QED) is 0.682. The maximum absolute atomic E-state index is 10.2. The van der Waals surface area contributed by atoms with Crippen LogP contribution in [0.1, 0.15) is 11.1 Å². The van der Waals surface area contributed by atoms with E-state index in [0.29, 0.717) is 32.8 Å². The summed E-state index contributed by atoms with van der Waals surface area (Å²) < 4.78 is 5.04. The zero-order valence-corrected chi connectivity index (χ0v) is 11.8. The summed E-state index contributed by atoms with van der Waals surface area (Å²) in [7, 11) is -1.41. The van der Waals surface area contributed by atoms with Crippen molar-refractivity contribution in [2.75, 3.05) is 7.11 Å². The third-order valence-electron chi connectivity index (χ3n) is 3.51. The number of benzene rings is 2. The third kappa shape index (κ3) is 2.54. The van der Waals surface area contributed by atoms with Gasteiger partial charge in [-0.3, -0.25) is 0 Å². The lowest BCUT2D eigenvalue weighted by atomic mass is 9.65. The van der Waals surface area contributed by atoms with Crippen molar-refractivity contribution in [2.24, 2.45) is 0 Å². The molecule has 0 atom stereocenters. The first-order valence-corrected chi connectivity index (χ1v) is 6.47. The SMILES string of the molecule is C=Cc1c(C=C)c(B(O)OC)c2ccccc2c1B(O)O. The molecule has 0 unspecified atom stereocenters. The van der Waals surface area contributed by atoms with E-state index < -0.39 is 14.2 Å². The van der Waals surface area contributed by atoms with Gasteiger partial charge in [0.15, 0.2) is 0 Å². The van der Waals surface area contributed by atoms with Crippen molar-refractivity contribution in [1.29, 1.82) is 0 Å². The van der Waals surface area contributed by atoms with Crippen molar-refractivity contribution in [3.63, 3.8) is 0 Å². The topological polar surface area (TPSA) is 69.9 Å². The lowest BCUT2D eigenvalue weighted by molar-refractivity contribution is 0.342. The molecule has 2 rings (SSSR count). The standard InChI is InChI=1S/C15H16B2O4/c1-4-10-11(5-2)15(17(20)21-3)13-9-7-6-8-12(13)14(10)16(18)19/h4-9,18-20H,1-2H2,3H3. The second-order valence-electron chi connectivity index (χ2n) is 4.57. The van der Waals surface area contributed by atoms with Gasteiger partial charge in [0.05, 0.1) is 0 Å². The molecule has 6 heteroatoms. The Kier molecular flexibility index (Phi) is 4.65. The van der Waals surface area contributed by atoms with E-state index in [0.717, 1.165) is 0 Å². The fourth-order valence-corrected chi connectivity index (χ4v) is 2.64. The molecule has 0 radical (unpaired) electrons. The minimum Gasteiger partial charge on any atom is -0.423 e. The summed E-state index contributed by atoms with van der Waals surface area (Å²) in [5.41, 5.74) is 1.95. The van der Waals surface area contributed by atoms with Crippen LogP contribution >= 0.6 is 0 Å². The van der Waals surface area contributed by atoms with Crippen LogP contribution in [-0.4, -0.2) is 36.4 Å². The fraction of sp³-hybridized carbons (Fsp3) is 0.0667. The Hall–Kier alpha value is -1.85. The highest BCUT2D eigenvalue weighted by atomic mass is 16.5. The van der Waals surface area contributed by atoms with E-state index >= 15 is 0 Å². The summed E-state index contributed by atoms with van der Waals surface area (Å²) in [6, 6.07) is 7.15. The van der Waals surface area contributed by atoms with Crippen molar-refractivity contribution in [3.8, 4) is 0 Å². The van der Waals surface area contributed by atoms with Gasteiger partial charge in [-0.15, -0.1) is 0 Å². The fourth-order valence-electron chi connectivity index (χ4n) is 2.64. The predicted octanol–water partition coefficient (Wildman–Crippen LogP) is 0.139. The highest BCUT2D eigenvalue weighted by Gasteiger charge is 2.28. The Bertz CT molecular complexity index is 698. The molecule has 0 aliphatic carbocycles. The van der Waals surface area contributed by atoms with Gasteiger partial charge in [-0.25, -0.2) is 0 Å². The van der Waals surface area contributed by atoms with Crippen molar-refractivity contribution >= 4 is 48.1 Å². The minimum absolute atomic E-state index is 0.336. The minimum atomic E-state index is -1.66. The van der Waals surface area contributed by atoms with Crippen molar-refractivity contribution in [1.82, 2.24) is 0 Å². The van der Waals surface area contributed by atoms with Gasteiger partial charge in [0, 0.05) is 7.11 Å². The molecule has 0 spiro atoms. The van der Waals surface area contributed by atoms with Crippen molar-refractivity contribution in [2.45, 2.75) is 0 Å². The van der Waals surface area contributed by atoms with E-state index in [4.69, 9.17) is 4.65 Å². The van der Waals surface area contributed by atoms with Crippen LogP contribution in [0.5, 0.6) is 0 Å². The molecule has 2 aromatic rings. The summed E-state index contributed by atoms with van der Waals surface area (Å²) in [6.45, 7) is 7.47. The van der Waals surface area contributed by atoms with Gasteiger partial charge in [0.2, 0.25) is 0 Å². The molecule has 0 saturated heterocycles. The molecule has 0 aliphatic rings. The first kappa shape index (κ1) is 15.5. The summed E-state index contributed by atoms with van der Waals surface area (Å²) in [4.78, 5) is 0. The molecular formula is C15H16B2O4. The van der Waals surface area contributed by atoms with Gasteiger partial charge in [0.1, 0.15) is 0 Å². The molecule has 0 saturated carbocycles. The lowest BCUT2D eigenvalue weighted by Crippen LogP contribution is -2.41. The van der Waals surface area contributed by atoms with Crippen LogP contribution in [0.2, 0.25) is 0 Å². The van der Waals surface area contributed by atoms with E-state index in [9.17, 15) is 15.1 Å². The average molecular weight is 282 g/mol. The van der Waals surface area contributed by atoms with Gasteiger partial charge in [0.25, 0.3) is 0 Å². The first-order valence-electron chi connectivity index (χ1n) is 6.47. The predicted molar refractivity (Wildman–Crippen MR) is 88.6 cm³/mol. The normalized spacial score (nSPS) is 10.5. The summed E-state index contributed by atoms with van der Waals surface area (Å²) in [6.07, 6.45) is 3.07. The highest BCUT2D eigenvalue weighted by molar-refractivity contribution is 6.68. The second-order valence-corrected chi connectivity index (χ2v) is 4.57. The van der Waals surface area contributed by atoms with Crippen molar-refractivity contribution in [3.05, 3.63) is 48.6 Å². The van der Waals surface area contributed by atoms with Gasteiger partial charge >= 0.3 is 14.2 Å². The molecule has 0 aromatic heterocycles. The maximum Gasteiger partial charge on any atom is 0.492 e. The van der Waals surface area contributed by atoms with Gasteiger partial charge in [-0.2, -0.15) is 0 Å². The molecule has 0 bridgehead atoms. The zero-order chi connectivity index (χ0) is 15.6. The molecule has 4 nitrogen and oxygen atoms in total. The Balaban J connectivity index is 3.05. The molecule has 3 N–H and O–H groups in total. The number of hydrogen-bond donors (Lipinski definition) is 3. The van der Waals surface area contributed by atoms with Crippen LogP contribution in [0.25, 0.3) is 22.9 Å². The highest BCUT2D eigenvalue weighted by Crippen LogP contribution is 2.20. The Morgan fingerprint density at radius 1 is 0.952 bits per heavy atom. The average Bonchev–Trinajstić information content (AvgIpc) is 2.51. The molecular weight excluding hydrogens is 266 g/mol. The summed E-state index contributed by atoms with van der Waals surface area (Å²) >= 11 is 0. The molecule has 0 heterocycles. The van der Waals surface area contributed by atoms with Crippen LogP contribution in [0.15, 0.2) is 37.4 Å². The van der Waals surface area contributed by atoms with Crippen LogP contribution in [0, 0.1) is 0 Å². The van der Waals surface area contributed by atoms with Crippen LogP contribution < -0.4 is 10.9 Å². The third-order valence-corrected chi connectivity index (χ3v) is 3.51. The Morgan fingerprint density at radius 2 is 1.43 bits per heavy atom. The van der Waals surface area contributed by atoms with Crippen molar-refractivity contribution < 1.29 is 19.7 Å². The zero-order valence-electron chi connectivity index (χ0n) is 11.8. The Morgan fingerprint density at radius 3 is 1.86 bits per heavy atom. The smallest absolute Gasteiger partial charge is 0.423 e. The summed E-state index contributed by atoms with van der Waals surface area (Å²) in [5.74, 6) is 0. The molecule has 0 aliphatic heterocycles. The van der Waals surface area contributed by atoms with Crippen LogP contribution in [0.3, 0.4) is 0 Å².